The number of aryl methyl sites for hydroxylation is 10. The van der Waals surface area contributed by atoms with Crippen molar-refractivity contribution in [1.29, 1.82) is 0 Å². The highest BCUT2D eigenvalue weighted by molar-refractivity contribution is 6.17. The monoisotopic (exact) mass is 1330 g/mol. The highest BCUT2D eigenvalue weighted by Gasteiger charge is 2.27. The van der Waals surface area contributed by atoms with Gasteiger partial charge in [-0.05, 0) is 198 Å². The van der Waals surface area contributed by atoms with Gasteiger partial charge in [0, 0.05) is 65.5 Å². The van der Waals surface area contributed by atoms with E-state index in [1.165, 1.54) is 65.7 Å². The van der Waals surface area contributed by atoms with Gasteiger partial charge < -0.3 is 17.7 Å². The number of benzene rings is 12. The molecule has 12 aromatic carbocycles. The van der Waals surface area contributed by atoms with Crippen molar-refractivity contribution in [3.63, 3.8) is 0 Å². The summed E-state index contributed by atoms with van der Waals surface area (Å²) < 4.78 is 79.2. The van der Waals surface area contributed by atoms with Gasteiger partial charge in [0.15, 0.2) is 11.2 Å². The molecule has 492 valence electrons. The van der Waals surface area contributed by atoms with E-state index in [2.05, 4.69) is 242 Å². The molecule has 8 heterocycles. The third-order valence-corrected chi connectivity index (χ3v) is 20.5. The third-order valence-electron chi connectivity index (χ3n) is 20.5. The molecule has 0 aliphatic carbocycles. The quantitative estimate of drug-likeness (QED) is 0.165. The fourth-order valence-corrected chi connectivity index (χ4v) is 15.2. The van der Waals surface area contributed by atoms with Crippen LogP contribution in [0.1, 0.15) is 41.6 Å². The van der Waals surface area contributed by atoms with E-state index < -0.39 is 13.7 Å². The van der Waals surface area contributed by atoms with Crippen LogP contribution in [0.2, 0.25) is 0 Å². The number of hydrogen-bond acceptors (Lipinski definition) is 4. The van der Waals surface area contributed by atoms with Crippen molar-refractivity contribution < 1.29 is 44.2 Å². The molecule has 0 saturated heterocycles. The number of aromatic nitrogens is 4. The molecule has 0 unspecified atom stereocenters. The lowest BCUT2D eigenvalue weighted by atomic mass is 10.0. The highest BCUT2D eigenvalue weighted by atomic mass is 16.3. The molecular formula is C94H76N4O4+4. The predicted octanol–water partition coefficient (Wildman–Crippen LogP) is 22.8. The Bertz CT molecular complexity index is 7020. The maximum absolute atomic E-state index is 7.66. The Balaban J connectivity index is 0.000000106. The molecule has 0 bridgehead atoms. The van der Waals surface area contributed by atoms with Crippen LogP contribution in [0, 0.1) is 41.4 Å². The zero-order valence-corrected chi connectivity index (χ0v) is 58.0. The lowest BCUT2D eigenvalue weighted by molar-refractivity contribution is -0.640. The Morgan fingerprint density at radius 3 is 1.08 bits per heavy atom. The Kier molecular flexibility index (Phi) is 14.0. The van der Waals surface area contributed by atoms with Crippen LogP contribution >= 0.6 is 0 Å². The summed E-state index contributed by atoms with van der Waals surface area (Å²) in [6, 6.07) is 94.9. The van der Waals surface area contributed by atoms with Gasteiger partial charge in [-0.25, -0.2) is 0 Å². The van der Waals surface area contributed by atoms with Crippen molar-refractivity contribution in [2.75, 3.05) is 0 Å². The maximum Gasteiger partial charge on any atom is 0.381 e. The van der Waals surface area contributed by atoms with E-state index >= 15 is 0 Å². The van der Waals surface area contributed by atoms with Crippen LogP contribution < -0.4 is 18.3 Å². The van der Waals surface area contributed by atoms with Crippen LogP contribution in [0.3, 0.4) is 0 Å². The van der Waals surface area contributed by atoms with Gasteiger partial charge in [0.05, 0.1) is 16.2 Å². The zero-order chi connectivity index (χ0) is 74.6. The van der Waals surface area contributed by atoms with Gasteiger partial charge in [-0.3, -0.25) is 0 Å². The van der Waals surface area contributed by atoms with Crippen molar-refractivity contribution in [1.82, 2.24) is 0 Å². The highest BCUT2D eigenvalue weighted by Crippen LogP contribution is 2.38. The van der Waals surface area contributed by atoms with Crippen molar-refractivity contribution in [2.24, 2.45) is 28.2 Å². The van der Waals surface area contributed by atoms with E-state index in [1.54, 1.807) is 24.3 Å². The molecule has 0 radical (unpaired) electrons. The summed E-state index contributed by atoms with van der Waals surface area (Å²) in [5.41, 5.74) is 23.2. The van der Waals surface area contributed by atoms with E-state index in [9.17, 15) is 0 Å². The number of rotatable bonds is 4. The summed E-state index contributed by atoms with van der Waals surface area (Å²) in [6.07, 6.45) is 0. The predicted molar refractivity (Wildman–Crippen MR) is 420 cm³/mol. The second kappa shape index (κ2) is 25.3. The minimum atomic E-state index is -2.10. The molecule has 8 aromatic heterocycles. The molecule has 20 rings (SSSR count). The average Bonchev–Trinajstić information content (AvgIpc) is 1.55. The molecule has 20 aromatic rings. The Labute approximate surface area is 599 Å². The van der Waals surface area contributed by atoms with E-state index in [0.29, 0.717) is 11.1 Å². The molecule has 0 atom stereocenters. The van der Waals surface area contributed by atoms with E-state index in [0.717, 1.165) is 133 Å². The van der Waals surface area contributed by atoms with E-state index in [-0.39, 0.29) is 0 Å². The summed E-state index contributed by atoms with van der Waals surface area (Å²) in [6.45, 7) is 3.99. The van der Waals surface area contributed by atoms with E-state index in [1.807, 2.05) is 87.1 Å². The van der Waals surface area contributed by atoms with Gasteiger partial charge in [-0.15, -0.1) is 0 Å². The maximum atomic E-state index is 7.66. The second-order valence-electron chi connectivity index (χ2n) is 26.8. The Hall–Kier alpha value is -12.5. The molecule has 8 heteroatoms. The lowest BCUT2D eigenvalue weighted by Crippen LogP contribution is -2.31. The zero-order valence-electron chi connectivity index (χ0n) is 64.0. The molecule has 102 heavy (non-hydrogen) atoms. The number of pyridine rings is 4. The van der Waals surface area contributed by atoms with Gasteiger partial charge in [-0.1, -0.05) is 175 Å². The van der Waals surface area contributed by atoms with Crippen molar-refractivity contribution >= 4 is 131 Å². The van der Waals surface area contributed by atoms with Crippen LogP contribution in [-0.4, -0.2) is 0 Å². The van der Waals surface area contributed by atoms with Crippen LogP contribution in [0.25, 0.3) is 176 Å². The number of fused-ring (bicyclic) bond motifs is 17. The largest absolute Gasteiger partial charge is 0.449 e. The molecule has 0 aliphatic rings. The lowest BCUT2D eigenvalue weighted by Gasteiger charge is -2.06. The van der Waals surface area contributed by atoms with Crippen LogP contribution in [0.15, 0.2) is 297 Å². The Morgan fingerprint density at radius 2 is 0.608 bits per heavy atom. The smallest absolute Gasteiger partial charge is 0.381 e. The minimum Gasteiger partial charge on any atom is -0.449 e. The topological polar surface area (TPSA) is 68.1 Å². The third kappa shape index (κ3) is 10.9. The fraction of sp³-hybridized carbons (Fsp3) is 0.106. The molecule has 0 spiro atoms. The Morgan fingerprint density at radius 1 is 0.245 bits per heavy atom. The fourth-order valence-electron chi connectivity index (χ4n) is 15.2. The van der Waals surface area contributed by atoms with E-state index in [4.69, 9.17) is 25.9 Å². The molecule has 0 fully saturated rings. The summed E-state index contributed by atoms with van der Waals surface area (Å²) >= 11 is 0. The number of furan rings is 4. The number of hydrogen-bond donors (Lipinski definition) is 0. The molecule has 0 amide bonds. The van der Waals surface area contributed by atoms with Gasteiger partial charge in [0.25, 0.3) is 11.0 Å². The van der Waals surface area contributed by atoms with Crippen LogP contribution in [0.5, 0.6) is 0 Å². The SMILES string of the molecule is Cc1ccccc1-c1ccc2c3cc4ccccc4cc3oc2[n+]1C.Cc1ccccc1-c1ccc2oc3cc4ccccc4cc3c2[n+]1C.[2H]C([2H])([2H])c1ccc(-c2ccc3c4cc5ccccc5cc4oc3[n+]2C)c(C)c1.[2H]C([2H])([2H])c1ccc(-c2ccc3oc4ccc5ccccc5c4c3[n+]2C)c(C)c1. The minimum absolute atomic E-state index is 0.359. The van der Waals surface area contributed by atoms with Crippen molar-refractivity contribution in [2.45, 2.75) is 41.4 Å². The first-order valence-electron chi connectivity index (χ1n) is 37.4. The standard InChI is InChI=1S/2C24H20NO.2C23H18NO/c1-15-8-10-18(16(2)14-15)20-11-13-22-24(25(20)3)23-19-7-5-4-6-17(19)9-12-21(23)26-22;1-15-8-9-19(16(2)12-15)22-11-10-20-21-13-17-6-4-5-7-18(17)14-23(21)26-24(20)25(22)3;1-15-7-3-6-10-18(15)20-11-12-21-23(24(20)2)19-13-16-8-4-5-9-17(16)14-22(19)25-21;1-15-7-3-6-10-18(15)21-12-11-19-20-13-16-8-4-5-9-17(16)14-22(20)25-23(19)24(21)2/h2*4-14H,1-3H3;2*3-14H,1-2H3/q4*+1/i2*1D3;;. The second-order valence-corrected chi connectivity index (χ2v) is 26.8. The van der Waals surface area contributed by atoms with Gasteiger partial charge in [-0.2, -0.15) is 18.3 Å². The first-order valence-corrected chi connectivity index (χ1v) is 34.4. The number of nitrogens with zero attached hydrogens (tertiary/aromatic N) is 4. The first-order chi connectivity index (χ1) is 52.1. The van der Waals surface area contributed by atoms with Gasteiger partial charge in [0.2, 0.25) is 22.8 Å². The average molecular weight is 1330 g/mol. The van der Waals surface area contributed by atoms with Crippen LogP contribution in [-0.2, 0) is 28.2 Å². The molecule has 0 N–H and O–H groups in total. The summed E-state index contributed by atoms with van der Waals surface area (Å²) in [5.74, 6) is 0. The normalized spacial score (nSPS) is 12.7. The summed E-state index contributed by atoms with van der Waals surface area (Å²) in [5, 5.41) is 16.3. The molecular weight excluding hydrogens is 1250 g/mol. The first kappa shape index (κ1) is 56.4. The van der Waals surface area contributed by atoms with Gasteiger partial charge >= 0.3 is 11.4 Å². The van der Waals surface area contributed by atoms with Crippen molar-refractivity contribution in [3.8, 4) is 45.0 Å². The molecule has 0 saturated carbocycles. The van der Waals surface area contributed by atoms with Crippen LogP contribution in [0.4, 0.5) is 0 Å². The molecule has 8 nitrogen and oxygen atoms in total. The molecule has 0 aliphatic heterocycles. The van der Waals surface area contributed by atoms with Gasteiger partial charge in [0.1, 0.15) is 55.9 Å². The summed E-state index contributed by atoms with van der Waals surface area (Å²) in [4.78, 5) is 0. The summed E-state index contributed by atoms with van der Waals surface area (Å²) in [7, 11) is 8.21. The van der Waals surface area contributed by atoms with Crippen molar-refractivity contribution in [3.05, 3.63) is 312 Å².